The molecule has 0 aliphatic rings. The van der Waals surface area contributed by atoms with E-state index >= 15 is 0 Å². The van der Waals surface area contributed by atoms with Crippen LogP contribution in [0.5, 0.6) is 0 Å². The van der Waals surface area contributed by atoms with E-state index in [1.165, 1.54) is 0 Å². The minimum absolute atomic E-state index is 0.147. The van der Waals surface area contributed by atoms with Gasteiger partial charge in [-0.25, -0.2) is 0 Å². The summed E-state index contributed by atoms with van der Waals surface area (Å²) in [6.45, 7) is 11.5. The number of hydrogen-bond donors (Lipinski definition) is 0. The first kappa shape index (κ1) is 15.9. The first-order valence-electron chi connectivity index (χ1n) is 7.23. The molecule has 0 spiro atoms. The number of ether oxygens (including phenoxy) is 1. The van der Waals surface area contributed by atoms with Gasteiger partial charge in [-0.3, -0.25) is 9.48 Å². The fraction of sp³-hybridized carbons (Fsp3) is 0.733. The molecule has 0 saturated carbocycles. The van der Waals surface area contributed by atoms with E-state index in [4.69, 9.17) is 4.74 Å². The normalized spacial score (nSPS) is 12.9. The smallest absolute Gasteiger partial charge is 0.167 e. The molecule has 1 heterocycles. The summed E-state index contributed by atoms with van der Waals surface area (Å²) in [4.78, 5) is 12.3. The summed E-state index contributed by atoms with van der Waals surface area (Å²) < 4.78 is 7.48. The predicted octanol–water partition coefficient (Wildman–Crippen LogP) is 2.64. The highest BCUT2D eigenvalue weighted by molar-refractivity contribution is 5.85. The van der Waals surface area contributed by atoms with Crippen LogP contribution in [0.25, 0.3) is 0 Å². The third-order valence-corrected chi connectivity index (χ3v) is 3.20. The first-order valence-corrected chi connectivity index (χ1v) is 7.23. The van der Waals surface area contributed by atoms with Crippen LogP contribution in [0, 0.1) is 5.92 Å². The van der Waals surface area contributed by atoms with Gasteiger partial charge in [0.1, 0.15) is 6.10 Å². The lowest BCUT2D eigenvalue weighted by Gasteiger charge is -2.19. The van der Waals surface area contributed by atoms with Crippen molar-refractivity contribution in [1.29, 1.82) is 0 Å². The van der Waals surface area contributed by atoms with Gasteiger partial charge < -0.3 is 4.74 Å². The number of carbonyl (C=O) groups excluding carboxylic acids is 1. The molecule has 4 nitrogen and oxygen atoms in total. The Bertz CT molecular complexity index is 410. The summed E-state index contributed by atoms with van der Waals surface area (Å²) in [7, 11) is 0. The van der Waals surface area contributed by atoms with E-state index in [1.807, 2.05) is 38.4 Å². The van der Waals surface area contributed by atoms with E-state index in [0.717, 1.165) is 24.4 Å². The second kappa shape index (κ2) is 7.43. The molecule has 1 atom stereocenters. The zero-order valence-corrected chi connectivity index (χ0v) is 12.8. The number of hydrogen-bond acceptors (Lipinski definition) is 3. The lowest BCUT2D eigenvalue weighted by atomic mass is 9.99. The number of aromatic nitrogens is 2. The van der Waals surface area contributed by atoms with Crippen molar-refractivity contribution in [2.24, 2.45) is 5.92 Å². The number of Topliss-reactive ketones (excluding diaryl/α,β-unsaturated/α-hetero) is 1. The molecule has 1 aromatic heterocycles. The van der Waals surface area contributed by atoms with Crippen LogP contribution in [0.1, 0.15) is 46.0 Å². The standard InChI is InChI=1S/C15H26N2O2/c1-6-12-9-13(17(7-2)16-12)10-14(18)15(11(4)5)19-8-3/h9,11,15H,6-8,10H2,1-5H3. The average molecular weight is 266 g/mol. The Morgan fingerprint density at radius 1 is 1.37 bits per heavy atom. The zero-order chi connectivity index (χ0) is 14.4. The molecule has 1 rings (SSSR count). The second-order valence-electron chi connectivity index (χ2n) is 5.06. The third kappa shape index (κ3) is 4.16. The zero-order valence-electron chi connectivity index (χ0n) is 12.8. The maximum Gasteiger partial charge on any atom is 0.167 e. The minimum atomic E-state index is -0.310. The Morgan fingerprint density at radius 2 is 2.05 bits per heavy atom. The molecule has 1 unspecified atom stereocenters. The van der Waals surface area contributed by atoms with E-state index in [9.17, 15) is 4.79 Å². The molecule has 1 aromatic rings. The summed E-state index contributed by atoms with van der Waals surface area (Å²) in [5.74, 6) is 0.352. The Kier molecular flexibility index (Phi) is 6.22. The number of nitrogens with zero attached hydrogens (tertiary/aromatic N) is 2. The van der Waals surface area contributed by atoms with Crippen LogP contribution in [-0.4, -0.2) is 28.3 Å². The monoisotopic (exact) mass is 266 g/mol. The summed E-state index contributed by atoms with van der Waals surface area (Å²) >= 11 is 0. The van der Waals surface area contributed by atoms with Crippen molar-refractivity contribution < 1.29 is 9.53 Å². The molecule has 0 radical (unpaired) electrons. The van der Waals surface area contributed by atoms with Crippen molar-refractivity contribution in [2.75, 3.05) is 6.61 Å². The molecule has 0 bridgehead atoms. The second-order valence-corrected chi connectivity index (χ2v) is 5.06. The molecule has 0 saturated heterocycles. The Labute approximate surface area is 116 Å². The van der Waals surface area contributed by atoms with Crippen LogP contribution in [-0.2, 0) is 28.9 Å². The van der Waals surface area contributed by atoms with Gasteiger partial charge in [0, 0.05) is 18.8 Å². The van der Waals surface area contributed by atoms with Crippen molar-refractivity contribution in [2.45, 2.75) is 60.1 Å². The number of ketones is 1. The van der Waals surface area contributed by atoms with Crippen molar-refractivity contribution in [1.82, 2.24) is 9.78 Å². The molecule has 4 heteroatoms. The molecule has 0 aromatic carbocycles. The van der Waals surface area contributed by atoms with Crippen molar-refractivity contribution >= 4 is 5.78 Å². The van der Waals surface area contributed by atoms with Gasteiger partial charge in [-0.05, 0) is 32.3 Å². The highest BCUT2D eigenvalue weighted by Crippen LogP contribution is 2.13. The van der Waals surface area contributed by atoms with Gasteiger partial charge in [-0.15, -0.1) is 0 Å². The molecule has 0 aliphatic carbocycles. The summed E-state index contributed by atoms with van der Waals surface area (Å²) in [5.41, 5.74) is 2.04. The van der Waals surface area contributed by atoms with E-state index in [-0.39, 0.29) is 17.8 Å². The summed E-state index contributed by atoms with van der Waals surface area (Å²) in [6, 6.07) is 2.03. The van der Waals surface area contributed by atoms with Crippen molar-refractivity contribution in [3.8, 4) is 0 Å². The molecule has 0 aliphatic heterocycles. The van der Waals surface area contributed by atoms with Gasteiger partial charge in [-0.1, -0.05) is 20.8 Å². The number of carbonyl (C=O) groups is 1. The summed E-state index contributed by atoms with van der Waals surface area (Å²) in [6.07, 6.45) is 0.993. The van der Waals surface area contributed by atoms with Crippen LogP contribution in [0.2, 0.25) is 0 Å². The quantitative estimate of drug-likeness (QED) is 0.726. The lowest BCUT2D eigenvalue weighted by Crippen LogP contribution is -2.31. The Hall–Kier alpha value is -1.16. The minimum Gasteiger partial charge on any atom is -0.370 e. The molecular formula is C15H26N2O2. The maximum absolute atomic E-state index is 12.3. The van der Waals surface area contributed by atoms with Crippen LogP contribution >= 0.6 is 0 Å². The van der Waals surface area contributed by atoms with Crippen molar-refractivity contribution in [3.05, 3.63) is 17.5 Å². The summed E-state index contributed by atoms with van der Waals surface area (Å²) in [5, 5.41) is 4.47. The third-order valence-electron chi connectivity index (χ3n) is 3.20. The Morgan fingerprint density at radius 3 is 2.53 bits per heavy atom. The number of aryl methyl sites for hydroxylation is 2. The van der Waals surface area contributed by atoms with E-state index in [0.29, 0.717) is 13.0 Å². The fourth-order valence-electron chi connectivity index (χ4n) is 2.22. The molecule has 0 amide bonds. The van der Waals surface area contributed by atoms with Gasteiger partial charge in [0.15, 0.2) is 5.78 Å². The van der Waals surface area contributed by atoms with Crippen LogP contribution in [0.4, 0.5) is 0 Å². The van der Waals surface area contributed by atoms with E-state index < -0.39 is 0 Å². The Balaban J connectivity index is 2.82. The van der Waals surface area contributed by atoms with Gasteiger partial charge in [0.05, 0.1) is 12.1 Å². The van der Waals surface area contributed by atoms with Gasteiger partial charge in [-0.2, -0.15) is 5.10 Å². The topological polar surface area (TPSA) is 44.1 Å². The maximum atomic E-state index is 12.3. The first-order chi connectivity index (χ1) is 9.03. The molecule has 19 heavy (non-hydrogen) atoms. The number of rotatable bonds is 8. The van der Waals surface area contributed by atoms with Gasteiger partial charge in [0.25, 0.3) is 0 Å². The average Bonchev–Trinajstić information content (AvgIpc) is 2.77. The van der Waals surface area contributed by atoms with Crippen LogP contribution in [0.3, 0.4) is 0 Å². The van der Waals surface area contributed by atoms with E-state index in [2.05, 4.69) is 12.0 Å². The van der Waals surface area contributed by atoms with Gasteiger partial charge >= 0.3 is 0 Å². The van der Waals surface area contributed by atoms with Crippen LogP contribution < -0.4 is 0 Å². The van der Waals surface area contributed by atoms with Crippen LogP contribution in [0.15, 0.2) is 6.07 Å². The van der Waals surface area contributed by atoms with Crippen molar-refractivity contribution in [3.63, 3.8) is 0 Å². The molecule has 0 N–H and O–H groups in total. The highest BCUT2D eigenvalue weighted by Gasteiger charge is 2.23. The fourth-order valence-corrected chi connectivity index (χ4v) is 2.22. The molecule has 0 fully saturated rings. The highest BCUT2D eigenvalue weighted by atomic mass is 16.5. The SMILES string of the molecule is CCOC(C(=O)Cc1cc(CC)nn1CC)C(C)C. The molecule has 108 valence electrons. The van der Waals surface area contributed by atoms with Gasteiger partial charge in [0.2, 0.25) is 0 Å². The molecular weight excluding hydrogens is 240 g/mol. The largest absolute Gasteiger partial charge is 0.370 e. The predicted molar refractivity (Wildman–Crippen MR) is 76.2 cm³/mol. The van der Waals surface area contributed by atoms with E-state index in [1.54, 1.807) is 0 Å². The lowest BCUT2D eigenvalue weighted by molar-refractivity contribution is -0.132.